The van der Waals surface area contributed by atoms with Crippen LogP contribution in [-0.2, 0) is 17.8 Å². The maximum absolute atomic E-state index is 12.8. The molecule has 0 aliphatic heterocycles. The van der Waals surface area contributed by atoms with Crippen LogP contribution in [0, 0.1) is 6.92 Å². The number of carbonyl (C=O) groups excluding carboxylic acids is 1. The predicted octanol–water partition coefficient (Wildman–Crippen LogP) is 2.70. The Kier molecular flexibility index (Phi) is 4.57. The Morgan fingerprint density at radius 3 is 2.96 bits per heavy atom. The van der Waals surface area contributed by atoms with Gasteiger partial charge in [0.25, 0.3) is 5.56 Å². The standard InChI is InChI=1S/C19H20N4O3S/c1-13-20-22(19(25)16-11-17-15(23(13)16)7-10-27-17)12-18(24)21(2)8-3-5-14-6-4-9-26-14/h4,6-7,9-11H,3,5,8,12H2,1-2H3. The van der Waals surface area contributed by atoms with E-state index >= 15 is 0 Å². The highest BCUT2D eigenvalue weighted by molar-refractivity contribution is 7.17. The molecule has 0 aliphatic carbocycles. The van der Waals surface area contributed by atoms with Crippen LogP contribution in [0.4, 0.5) is 0 Å². The van der Waals surface area contributed by atoms with Crippen LogP contribution >= 0.6 is 11.3 Å². The molecule has 0 aromatic carbocycles. The Bertz CT molecular complexity index is 1150. The summed E-state index contributed by atoms with van der Waals surface area (Å²) < 4.78 is 9.45. The number of aromatic nitrogens is 3. The molecule has 0 atom stereocenters. The summed E-state index contributed by atoms with van der Waals surface area (Å²) in [6.45, 7) is 2.38. The summed E-state index contributed by atoms with van der Waals surface area (Å²) in [5, 5.41) is 6.34. The highest BCUT2D eigenvalue weighted by atomic mass is 32.1. The molecular formula is C19H20N4O3S. The van der Waals surface area contributed by atoms with E-state index < -0.39 is 0 Å². The number of hydrogen-bond acceptors (Lipinski definition) is 5. The van der Waals surface area contributed by atoms with Gasteiger partial charge in [-0.2, -0.15) is 5.10 Å². The summed E-state index contributed by atoms with van der Waals surface area (Å²) in [6.07, 6.45) is 3.21. The molecule has 4 heterocycles. The molecule has 0 saturated carbocycles. The van der Waals surface area contributed by atoms with Crippen molar-refractivity contribution in [2.45, 2.75) is 26.3 Å². The lowest BCUT2D eigenvalue weighted by molar-refractivity contribution is -0.130. The molecule has 0 fully saturated rings. The third kappa shape index (κ3) is 3.28. The summed E-state index contributed by atoms with van der Waals surface area (Å²) in [7, 11) is 1.74. The summed E-state index contributed by atoms with van der Waals surface area (Å²) in [4.78, 5) is 26.9. The van der Waals surface area contributed by atoms with Crippen molar-refractivity contribution in [2.24, 2.45) is 0 Å². The van der Waals surface area contributed by atoms with Crippen LogP contribution in [0.5, 0.6) is 0 Å². The number of fused-ring (bicyclic) bond motifs is 3. The molecule has 0 bridgehead atoms. The molecule has 4 aromatic heterocycles. The summed E-state index contributed by atoms with van der Waals surface area (Å²) in [5.74, 6) is 1.45. The molecule has 7 nitrogen and oxygen atoms in total. The van der Waals surface area contributed by atoms with Gasteiger partial charge >= 0.3 is 0 Å². The molecule has 27 heavy (non-hydrogen) atoms. The van der Waals surface area contributed by atoms with Crippen LogP contribution in [-0.4, -0.2) is 38.6 Å². The molecule has 8 heteroatoms. The van der Waals surface area contributed by atoms with Crippen molar-refractivity contribution in [3.05, 3.63) is 57.8 Å². The van der Waals surface area contributed by atoms with E-state index in [4.69, 9.17) is 4.42 Å². The van der Waals surface area contributed by atoms with E-state index in [0.717, 1.165) is 28.8 Å². The zero-order valence-corrected chi connectivity index (χ0v) is 16.0. The third-order valence-electron chi connectivity index (χ3n) is 4.67. The predicted molar refractivity (Wildman–Crippen MR) is 104 cm³/mol. The molecule has 1 amide bonds. The zero-order chi connectivity index (χ0) is 19.0. The van der Waals surface area contributed by atoms with Crippen LogP contribution in [0.1, 0.15) is 18.0 Å². The number of furan rings is 1. The van der Waals surface area contributed by atoms with Crippen LogP contribution < -0.4 is 5.56 Å². The van der Waals surface area contributed by atoms with Gasteiger partial charge in [-0.05, 0) is 43.0 Å². The van der Waals surface area contributed by atoms with Crippen LogP contribution in [0.2, 0.25) is 0 Å². The van der Waals surface area contributed by atoms with Crippen molar-refractivity contribution < 1.29 is 9.21 Å². The number of amides is 1. The molecular weight excluding hydrogens is 364 g/mol. The van der Waals surface area contributed by atoms with E-state index in [1.54, 1.807) is 29.5 Å². The summed E-state index contributed by atoms with van der Waals surface area (Å²) in [6, 6.07) is 7.62. The molecule has 140 valence electrons. The van der Waals surface area contributed by atoms with E-state index in [2.05, 4.69) is 5.10 Å². The monoisotopic (exact) mass is 384 g/mol. The van der Waals surface area contributed by atoms with Gasteiger partial charge in [0, 0.05) is 20.0 Å². The zero-order valence-electron chi connectivity index (χ0n) is 15.2. The van der Waals surface area contributed by atoms with E-state index in [1.165, 1.54) is 4.68 Å². The number of nitrogens with zero attached hydrogens (tertiary/aromatic N) is 4. The second kappa shape index (κ2) is 7.03. The maximum atomic E-state index is 12.8. The maximum Gasteiger partial charge on any atom is 0.291 e. The number of aryl methyl sites for hydroxylation is 2. The summed E-state index contributed by atoms with van der Waals surface area (Å²) >= 11 is 1.58. The molecule has 4 rings (SSSR count). The third-order valence-corrected chi connectivity index (χ3v) is 5.53. The van der Waals surface area contributed by atoms with Gasteiger partial charge in [-0.25, -0.2) is 4.68 Å². The van der Waals surface area contributed by atoms with Crippen molar-refractivity contribution in [3.8, 4) is 0 Å². The van der Waals surface area contributed by atoms with Crippen molar-refractivity contribution >= 4 is 33.0 Å². The van der Waals surface area contributed by atoms with Gasteiger partial charge in [-0.1, -0.05) is 0 Å². The molecule has 0 saturated heterocycles. The van der Waals surface area contributed by atoms with Crippen molar-refractivity contribution in [2.75, 3.05) is 13.6 Å². The second-order valence-corrected chi connectivity index (χ2v) is 7.49. The SMILES string of the molecule is Cc1nn(CC(=O)N(C)CCCc2ccco2)c(=O)c2cc3sccc3n12. The van der Waals surface area contributed by atoms with E-state index in [0.29, 0.717) is 17.9 Å². The van der Waals surface area contributed by atoms with Crippen molar-refractivity contribution in [1.82, 2.24) is 19.1 Å². The Hall–Kier alpha value is -2.87. The van der Waals surface area contributed by atoms with Crippen LogP contribution in [0.3, 0.4) is 0 Å². The van der Waals surface area contributed by atoms with Crippen LogP contribution in [0.15, 0.2) is 45.1 Å². The lowest BCUT2D eigenvalue weighted by atomic mass is 10.2. The molecule has 0 spiro atoms. The Morgan fingerprint density at radius 2 is 2.19 bits per heavy atom. The molecule has 0 aliphatic rings. The fourth-order valence-corrected chi connectivity index (χ4v) is 4.06. The lowest BCUT2D eigenvalue weighted by Gasteiger charge is -2.17. The lowest BCUT2D eigenvalue weighted by Crippen LogP contribution is -2.36. The molecule has 4 aromatic rings. The first-order valence-corrected chi connectivity index (χ1v) is 9.65. The minimum Gasteiger partial charge on any atom is -0.469 e. The van der Waals surface area contributed by atoms with Gasteiger partial charge in [-0.3, -0.25) is 14.0 Å². The van der Waals surface area contributed by atoms with Gasteiger partial charge in [0.2, 0.25) is 5.91 Å². The second-order valence-electron chi connectivity index (χ2n) is 6.54. The quantitative estimate of drug-likeness (QED) is 0.512. The van der Waals surface area contributed by atoms with Gasteiger partial charge in [0.1, 0.15) is 23.6 Å². The average molecular weight is 384 g/mol. The topological polar surface area (TPSA) is 72.8 Å². The highest BCUT2D eigenvalue weighted by Gasteiger charge is 2.16. The van der Waals surface area contributed by atoms with Gasteiger partial charge in [0.15, 0.2) is 0 Å². The van der Waals surface area contributed by atoms with Gasteiger partial charge < -0.3 is 9.32 Å². The van der Waals surface area contributed by atoms with Crippen molar-refractivity contribution in [3.63, 3.8) is 0 Å². The largest absolute Gasteiger partial charge is 0.469 e. The highest BCUT2D eigenvalue weighted by Crippen LogP contribution is 2.24. The Balaban J connectivity index is 1.49. The van der Waals surface area contributed by atoms with E-state index in [9.17, 15) is 9.59 Å². The van der Waals surface area contributed by atoms with Gasteiger partial charge in [0.05, 0.1) is 16.5 Å². The Morgan fingerprint density at radius 1 is 1.33 bits per heavy atom. The minimum absolute atomic E-state index is 0.0632. The van der Waals surface area contributed by atoms with Crippen LogP contribution in [0.25, 0.3) is 15.7 Å². The first-order chi connectivity index (χ1) is 13.0. The number of rotatable bonds is 6. The number of likely N-dealkylation sites (N-methyl/N-ethyl adjacent to an activating group) is 1. The summed E-state index contributed by atoms with van der Waals surface area (Å²) in [5.41, 5.74) is 1.28. The van der Waals surface area contributed by atoms with Crippen molar-refractivity contribution in [1.29, 1.82) is 0 Å². The molecule has 0 radical (unpaired) electrons. The fourth-order valence-electron chi connectivity index (χ4n) is 3.25. The number of hydrogen-bond donors (Lipinski definition) is 0. The molecule has 0 N–H and O–H groups in total. The van der Waals surface area contributed by atoms with E-state index in [1.807, 2.05) is 41.0 Å². The minimum atomic E-state index is -0.249. The normalized spacial score (nSPS) is 11.5. The molecule has 0 unspecified atom stereocenters. The average Bonchev–Trinajstić information content (AvgIpc) is 3.35. The first kappa shape index (κ1) is 17.5. The number of carbonyl (C=O) groups is 1. The number of thiophene rings is 1. The Labute approximate surface area is 159 Å². The van der Waals surface area contributed by atoms with Gasteiger partial charge in [-0.15, -0.1) is 11.3 Å². The smallest absolute Gasteiger partial charge is 0.291 e. The van der Waals surface area contributed by atoms with E-state index in [-0.39, 0.29) is 18.0 Å². The first-order valence-electron chi connectivity index (χ1n) is 8.77. The fraction of sp³-hybridized carbons (Fsp3) is 0.316.